The van der Waals surface area contributed by atoms with Crippen LogP contribution in [0.25, 0.3) is 6.08 Å². The average molecular weight is 783 g/mol. The van der Waals surface area contributed by atoms with Crippen LogP contribution in [-0.2, 0) is 38.1 Å². The minimum atomic E-state index is -1.78. The van der Waals surface area contributed by atoms with Crippen molar-refractivity contribution in [1.82, 2.24) is 4.90 Å². The summed E-state index contributed by atoms with van der Waals surface area (Å²) in [5, 5.41) is 24.1. The molecule has 2 N–H and O–H groups in total. The Bertz CT molecular complexity index is 1590. The third-order valence-electron chi connectivity index (χ3n) is 11.8. The van der Waals surface area contributed by atoms with Crippen molar-refractivity contribution in [1.29, 1.82) is 0 Å². The van der Waals surface area contributed by atoms with E-state index < -0.39 is 77.3 Å². The van der Waals surface area contributed by atoms with E-state index in [1.165, 1.54) is 6.92 Å². The molecule has 0 spiro atoms. The smallest absolute Gasteiger partial charge is 0.316 e. The Balaban J connectivity index is 1.98. The van der Waals surface area contributed by atoms with Crippen molar-refractivity contribution in [3.8, 4) is 0 Å². The Morgan fingerprint density at radius 1 is 1.04 bits per heavy atom. The standard InChI is InChI=1S/C44H66N2O10/c1-12-34-44(9,51)40-28(5)36(45-35(47)13-2)26(3)23-43(8,53-25-32(24-52-40)21-17-20-31-18-15-14-16-19-31)39(29(6)37(48)30(7)41(50)55-34)56-42-38(49)33(46(10)11)22-27(4)54-42/h14-21,26-30,33-34,38-40,42,49,51H,12-13,22-25H2,1-11H3/b20-17+,32-21-,45-36?/t26?,27-,28?,29+,30-,33+,34-,38?,39?,40?,42+,43-,44-/m1/s1. The van der Waals surface area contributed by atoms with E-state index in [0.29, 0.717) is 12.1 Å². The van der Waals surface area contributed by atoms with Crippen molar-refractivity contribution >= 4 is 29.4 Å². The molecule has 12 nitrogen and oxygen atoms in total. The van der Waals surface area contributed by atoms with Gasteiger partial charge in [0.25, 0.3) is 0 Å². The number of aliphatic imine (C=N–C) groups is 1. The SMILES string of the molecule is CCC(=O)N=C1C(C)C[C@@]2(C)OC/C(=C\C=C\c3ccccc3)COC(C1C)[C@](C)(O)[C@@H](CC)OC(=O)[C@H](C)C(=O)[C@H](C)C2O[C@@H]1O[C@H](C)C[C@H](N(C)C)C1O. The number of ether oxygens (including phenoxy) is 5. The van der Waals surface area contributed by atoms with Gasteiger partial charge in [0.05, 0.1) is 37.1 Å². The summed E-state index contributed by atoms with van der Waals surface area (Å²) in [5.41, 5.74) is -0.884. The second-order valence-corrected chi connectivity index (χ2v) is 16.7. The number of aliphatic hydroxyl groups is 2. The average Bonchev–Trinajstić information content (AvgIpc) is 3.17. The van der Waals surface area contributed by atoms with Gasteiger partial charge in [0.1, 0.15) is 23.7 Å². The number of fused-ring (bicyclic) bond motifs is 5. The lowest BCUT2D eigenvalue weighted by molar-refractivity contribution is -0.296. The number of amides is 1. The Morgan fingerprint density at radius 3 is 2.34 bits per heavy atom. The molecule has 0 radical (unpaired) electrons. The van der Waals surface area contributed by atoms with Crippen molar-refractivity contribution in [2.24, 2.45) is 28.7 Å². The van der Waals surface area contributed by atoms with E-state index >= 15 is 0 Å². The highest BCUT2D eigenvalue weighted by Gasteiger charge is 2.53. The second-order valence-electron chi connectivity index (χ2n) is 16.7. The number of rotatable bonds is 7. The van der Waals surface area contributed by atoms with Gasteiger partial charge in [-0.1, -0.05) is 83.2 Å². The second kappa shape index (κ2) is 19.6. The normalized spacial score (nSPS) is 39.6. The number of allylic oxidation sites excluding steroid dienone is 2. The zero-order valence-electron chi connectivity index (χ0n) is 35.3. The molecule has 312 valence electrons. The predicted molar refractivity (Wildman–Crippen MR) is 215 cm³/mol. The van der Waals surface area contributed by atoms with Crippen LogP contribution in [0.5, 0.6) is 0 Å². The van der Waals surface area contributed by atoms with Gasteiger partial charge in [0.2, 0.25) is 5.91 Å². The predicted octanol–water partition coefficient (Wildman–Crippen LogP) is 5.58. The first-order chi connectivity index (χ1) is 26.3. The van der Waals surface area contributed by atoms with Gasteiger partial charge in [-0.3, -0.25) is 14.4 Å². The number of aliphatic hydroxyl groups excluding tert-OH is 1. The van der Waals surface area contributed by atoms with E-state index in [4.69, 9.17) is 23.7 Å². The third kappa shape index (κ3) is 10.7. The summed E-state index contributed by atoms with van der Waals surface area (Å²) in [7, 11) is 3.77. The largest absolute Gasteiger partial charge is 0.459 e. The van der Waals surface area contributed by atoms with Crippen molar-refractivity contribution in [2.75, 3.05) is 27.3 Å². The molecule has 4 rings (SSSR count). The minimum absolute atomic E-state index is 0.0109. The number of carbonyl (C=O) groups excluding carboxylic acids is 3. The van der Waals surface area contributed by atoms with Gasteiger partial charge in [0, 0.05) is 30.0 Å². The van der Waals surface area contributed by atoms with Crippen molar-refractivity contribution in [3.63, 3.8) is 0 Å². The van der Waals surface area contributed by atoms with Crippen LogP contribution in [0.1, 0.15) is 93.6 Å². The molecule has 5 unspecified atom stereocenters. The lowest BCUT2D eigenvalue weighted by Crippen LogP contribution is -2.60. The molecule has 0 aromatic heterocycles. The molecular formula is C44H66N2O10. The number of ketones is 1. The molecule has 12 heteroatoms. The number of cyclic esters (lactones) is 1. The Morgan fingerprint density at radius 2 is 1.71 bits per heavy atom. The van der Waals surface area contributed by atoms with E-state index in [-0.39, 0.29) is 50.5 Å². The van der Waals surface area contributed by atoms with Crippen molar-refractivity contribution in [2.45, 2.75) is 142 Å². The molecule has 13 atom stereocenters. The first-order valence-electron chi connectivity index (χ1n) is 20.2. The van der Waals surface area contributed by atoms with Crippen molar-refractivity contribution in [3.05, 3.63) is 53.6 Å². The zero-order valence-corrected chi connectivity index (χ0v) is 35.3. The molecule has 0 saturated carbocycles. The highest BCUT2D eigenvalue weighted by Crippen LogP contribution is 2.40. The van der Waals surface area contributed by atoms with Crippen LogP contribution in [0.15, 0.2) is 53.0 Å². The molecule has 2 bridgehead atoms. The number of hydrogen-bond acceptors (Lipinski definition) is 11. The fraction of sp³-hybridized carbons (Fsp3) is 0.682. The molecule has 1 aromatic rings. The van der Waals surface area contributed by atoms with Crippen LogP contribution in [0.2, 0.25) is 0 Å². The molecule has 3 aliphatic heterocycles. The van der Waals surface area contributed by atoms with Gasteiger partial charge in [-0.25, -0.2) is 4.99 Å². The summed E-state index contributed by atoms with van der Waals surface area (Å²) in [6.45, 7) is 15.9. The summed E-state index contributed by atoms with van der Waals surface area (Å²) >= 11 is 0. The minimum Gasteiger partial charge on any atom is -0.459 e. The van der Waals surface area contributed by atoms with Gasteiger partial charge < -0.3 is 38.8 Å². The molecule has 3 fully saturated rings. The molecule has 56 heavy (non-hydrogen) atoms. The number of Topliss-reactive ketones (excluding diaryl/α,β-unsaturated/α-hetero) is 1. The molecule has 1 amide bonds. The number of carbonyl (C=O) groups is 3. The monoisotopic (exact) mass is 782 g/mol. The summed E-state index contributed by atoms with van der Waals surface area (Å²) in [6, 6.07) is 9.55. The molecular weight excluding hydrogens is 716 g/mol. The first-order valence-corrected chi connectivity index (χ1v) is 20.2. The van der Waals surface area contributed by atoms with E-state index in [2.05, 4.69) is 4.99 Å². The number of hydrogen-bond donors (Lipinski definition) is 2. The number of nitrogens with zero attached hydrogens (tertiary/aromatic N) is 2. The number of benzene rings is 1. The maximum atomic E-state index is 14.5. The van der Waals surface area contributed by atoms with E-state index in [1.54, 1.807) is 27.7 Å². The van der Waals surface area contributed by atoms with Crippen LogP contribution in [0.4, 0.5) is 0 Å². The Kier molecular flexibility index (Phi) is 15.9. The topological polar surface area (TPSA) is 153 Å². The van der Waals surface area contributed by atoms with Gasteiger partial charge in [0.15, 0.2) is 12.1 Å². The van der Waals surface area contributed by atoms with E-state index in [1.807, 2.05) is 95.3 Å². The Hall–Kier alpha value is -3.10. The zero-order chi connectivity index (χ0) is 41.5. The quantitative estimate of drug-likeness (QED) is 0.263. The maximum Gasteiger partial charge on any atom is 0.316 e. The van der Waals surface area contributed by atoms with Crippen LogP contribution in [0.3, 0.4) is 0 Å². The lowest BCUT2D eigenvalue weighted by Gasteiger charge is -2.47. The number of likely N-dealkylation sites (N-methyl/N-ethyl adjacent to an activating group) is 1. The third-order valence-corrected chi connectivity index (χ3v) is 11.8. The van der Waals surface area contributed by atoms with Crippen LogP contribution >= 0.6 is 0 Å². The van der Waals surface area contributed by atoms with Crippen LogP contribution in [0, 0.1) is 23.7 Å². The fourth-order valence-corrected chi connectivity index (χ4v) is 8.57. The fourth-order valence-electron chi connectivity index (χ4n) is 8.57. The van der Waals surface area contributed by atoms with Gasteiger partial charge >= 0.3 is 5.97 Å². The summed E-state index contributed by atoms with van der Waals surface area (Å²) in [4.78, 5) is 48.1. The van der Waals surface area contributed by atoms with Crippen LogP contribution < -0.4 is 0 Å². The molecule has 3 aliphatic rings. The van der Waals surface area contributed by atoms with Gasteiger partial charge in [-0.2, -0.15) is 0 Å². The lowest BCUT2D eigenvalue weighted by atomic mass is 9.73. The summed E-state index contributed by atoms with van der Waals surface area (Å²) < 4.78 is 32.7. The Labute approximate surface area is 333 Å². The maximum absolute atomic E-state index is 14.5. The van der Waals surface area contributed by atoms with Crippen molar-refractivity contribution < 1.29 is 48.3 Å². The van der Waals surface area contributed by atoms with E-state index in [9.17, 15) is 24.6 Å². The highest BCUT2D eigenvalue weighted by molar-refractivity contribution is 6.00. The molecule has 0 aliphatic carbocycles. The van der Waals surface area contributed by atoms with Gasteiger partial charge in [-0.15, -0.1) is 0 Å². The van der Waals surface area contributed by atoms with Gasteiger partial charge in [-0.05, 0) is 78.1 Å². The highest BCUT2D eigenvalue weighted by atomic mass is 16.7. The molecule has 3 heterocycles. The first kappa shape index (κ1) is 45.6. The summed E-state index contributed by atoms with van der Waals surface area (Å²) in [5.74, 6) is -4.89. The number of esters is 1. The van der Waals surface area contributed by atoms with E-state index in [0.717, 1.165) is 11.1 Å². The summed E-state index contributed by atoms with van der Waals surface area (Å²) in [6.07, 6.45) is 1.31. The molecule has 1 aromatic carbocycles. The van der Waals surface area contributed by atoms with Crippen LogP contribution in [-0.4, -0.2) is 120 Å². The molecule has 3 saturated heterocycles.